The molecule has 8 heteroatoms. The van der Waals surface area contributed by atoms with Crippen LogP contribution in [0.3, 0.4) is 0 Å². The second-order valence-corrected chi connectivity index (χ2v) is 8.89. The van der Waals surface area contributed by atoms with Gasteiger partial charge in [-0.05, 0) is 50.1 Å². The zero-order valence-corrected chi connectivity index (χ0v) is 16.8. The molecule has 0 spiro atoms. The van der Waals surface area contributed by atoms with E-state index in [4.69, 9.17) is 4.74 Å². The number of carbonyl (C=O) groups excluding carboxylic acids is 2. The Bertz CT molecular complexity index is 1020. The molecular formula is C21H22FNO5S. The van der Waals surface area contributed by atoms with Gasteiger partial charge in [0.15, 0.2) is 12.4 Å². The second kappa shape index (κ2) is 8.84. The predicted octanol–water partition coefficient (Wildman–Crippen LogP) is 3.43. The zero-order valence-electron chi connectivity index (χ0n) is 16.0. The van der Waals surface area contributed by atoms with Gasteiger partial charge >= 0.3 is 5.97 Å². The minimum atomic E-state index is -3.73. The van der Waals surface area contributed by atoms with Gasteiger partial charge in [-0.3, -0.25) is 4.79 Å². The first-order chi connectivity index (χ1) is 13.8. The monoisotopic (exact) mass is 419 g/mol. The van der Waals surface area contributed by atoms with Crippen LogP contribution in [0.15, 0.2) is 53.4 Å². The van der Waals surface area contributed by atoms with E-state index in [1.54, 1.807) is 0 Å². The van der Waals surface area contributed by atoms with Gasteiger partial charge in [0.1, 0.15) is 5.82 Å². The summed E-state index contributed by atoms with van der Waals surface area (Å²) in [6, 6.07) is 10.6. The fourth-order valence-corrected chi connectivity index (χ4v) is 5.05. The molecule has 0 amide bonds. The Morgan fingerprint density at radius 3 is 2.55 bits per heavy atom. The highest BCUT2D eigenvalue weighted by Crippen LogP contribution is 2.25. The van der Waals surface area contributed by atoms with Crippen LogP contribution in [0.2, 0.25) is 0 Å². The summed E-state index contributed by atoms with van der Waals surface area (Å²) in [5, 5.41) is 0. The number of ketones is 1. The number of hydrogen-bond acceptors (Lipinski definition) is 5. The molecule has 0 bridgehead atoms. The van der Waals surface area contributed by atoms with Crippen LogP contribution >= 0.6 is 0 Å². The van der Waals surface area contributed by atoms with Crippen LogP contribution in [0, 0.1) is 5.82 Å². The van der Waals surface area contributed by atoms with Gasteiger partial charge in [0.2, 0.25) is 10.0 Å². The molecule has 0 unspecified atom stereocenters. The van der Waals surface area contributed by atoms with Gasteiger partial charge in [-0.2, -0.15) is 4.31 Å². The number of piperidine rings is 1. The van der Waals surface area contributed by atoms with Crippen molar-refractivity contribution in [2.75, 3.05) is 13.2 Å². The number of esters is 1. The number of sulfonamides is 1. The van der Waals surface area contributed by atoms with Crippen LogP contribution in [0.5, 0.6) is 0 Å². The summed E-state index contributed by atoms with van der Waals surface area (Å²) in [7, 11) is -3.73. The van der Waals surface area contributed by atoms with Gasteiger partial charge in [0.25, 0.3) is 0 Å². The van der Waals surface area contributed by atoms with Crippen molar-refractivity contribution in [2.24, 2.45) is 0 Å². The molecule has 2 aromatic carbocycles. The van der Waals surface area contributed by atoms with Crippen LogP contribution in [0.4, 0.5) is 4.39 Å². The van der Waals surface area contributed by atoms with E-state index >= 15 is 0 Å². The number of hydrogen-bond donors (Lipinski definition) is 0. The van der Waals surface area contributed by atoms with Crippen molar-refractivity contribution < 1.29 is 27.1 Å². The van der Waals surface area contributed by atoms with Gasteiger partial charge in [-0.1, -0.05) is 24.6 Å². The maximum Gasteiger partial charge on any atom is 0.338 e. The van der Waals surface area contributed by atoms with Crippen molar-refractivity contribution in [3.05, 3.63) is 65.5 Å². The maximum absolute atomic E-state index is 13.2. The smallest absolute Gasteiger partial charge is 0.338 e. The van der Waals surface area contributed by atoms with Gasteiger partial charge in [-0.25, -0.2) is 17.6 Å². The van der Waals surface area contributed by atoms with Crippen LogP contribution in [-0.4, -0.2) is 43.7 Å². The van der Waals surface area contributed by atoms with Crippen molar-refractivity contribution in [1.82, 2.24) is 4.31 Å². The minimum absolute atomic E-state index is 0.0113. The largest absolute Gasteiger partial charge is 0.454 e. The summed E-state index contributed by atoms with van der Waals surface area (Å²) in [5.41, 5.74) is 0.121. The Kier molecular flexibility index (Phi) is 6.44. The first-order valence-corrected chi connectivity index (χ1v) is 10.8. The molecular weight excluding hydrogens is 397 g/mol. The third kappa shape index (κ3) is 4.89. The van der Waals surface area contributed by atoms with Crippen LogP contribution in [-0.2, 0) is 14.8 Å². The SMILES string of the molecule is C[C@H]1CCCCN1S(=O)(=O)c1cccc(C(=O)OCC(=O)c2cccc(F)c2)c1. The van der Waals surface area contributed by atoms with Crippen molar-refractivity contribution >= 4 is 21.8 Å². The second-order valence-electron chi connectivity index (χ2n) is 7.00. The van der Waals surface area contributed by atoms with Gasteiger partial charge in [-0.15, -0.1) is 0 Å². The summed E-state index contributed by atoms with van der Waals surface area (Å²) in [6.45, 7) is 1.75. The molecule has 154 valence electrons. The fraction of sp³-hybridized carbons (Fsp3) is 0.333. The molecule has 1 aliphatic heterocycles. The molecule has 1 atom stereocenters. The predicted molar refractivity (Wildman–Crippen MR) is 105 cm³/mol. The topological polar surface area (TPSA) is 80.8 Å². The van der Waals surface area contributed by atoms with Crippen molar-refractivity contribution in [3.8, 4) is 0 Å². The normalized spacial score (nSPS) is 17.7. The molecule has 1 fully saturated rings. The highest BCUT2D eigenvalue weighted by molar-refractivity contribution is 7.89. The fourth-order valence-electron chi connectivity index (χ4n) is 3.31. The minimum Gasteiger partial charge on any atom is -0.454 e. The average Bonchev–Trinajstić information content (AvgIpc) is 2.72. The molecule has 0 aromatic heterocycles. The summed E-state index contributed by atoms with van der Waals surface area (Å²) < 4.78 is 45.5. The third-order valence-electron chi connectivity index (χ3n) is 4.90. The van der Waals surface area contributed by atoms with E-state index in [0.717, 1.165) is 25.3 Å². The number of benzene rings is 2. The van der Waals surface area contributed by atoms with Gasteiger partial charge < -0.3 is 4.74 Å². The van der Waals surface area contributed by atoms with Crippen LogP contribution < -0.4 is 0 Å². The maximum atomic E-state index is 13.2. The zero-order chi connectivity index (χ0) is 21.0. The van der Waals surface area contributed by atoms with Crippen molar-refractivity contribution in [2.45, 2.75) is 37.1 Å². The lowest BCUT2D eigenvalue weighted by Crippen LogP contribution is -2.41. The molecule has 0 aliphatic carbocycles. The molecule has 1 saturated heterocycles. The lowest BCUT2D eigenvalue weighted by atomic mass is 10.1. The first kappa shape index (κ1) is 21.1. The van der Waals surface area contributed by atoms with E-state index in [9.17, 15) is 22.4 Å². The quantitative estimate of drug-likeness (QED) is 0.529. The van der Waals surface area contributed by atoms with E-state index in [1.807, 2.05) is 6.92 Å². The number of halogens is 1. The molecule has 0 N–H and O–H groups in total. The standard InChI is InChI=1S/C21H22FNO5S/c1-15-6-2-3-11-23(15)29(26,27)19-10-5-8-17(13-19)21(25)28-14-20(24)16-7-4-9-18(22)12-16/h4-5,7-10,12-13,15H,2-3,6,11,14H2,1H3/t15-/m0/s1. The summed E-state index contributed by atoms with van der Waals surface area (Å²) in [6.07, 6.45) is 2.58. The molecule has 2 aromatic rings. The molecule has 6 nitrogen and oxygen atoms in total. The number of carbonyl (C=O) groups is 2. The Labute approximate surface area is 169 Å². The molecule has 29 heavy (non-hydrogen) atoms. The molecule has 0 saturated carbocycles. The number of nitrogens with zero attached hydrogens (tertiary/aromatic N) is 1. The molecule has 3 rings (SSSR count). The van der Waals surface area contributed by atoms with E-state index in [1.165, 1.54) is 46.8 Å². The van der Waals surface area contributed by atoms with Crippen molar-refractivity contribution in [3.63, 3.8) is 0 Å². The Hall–Kier alpha value is -2.58. The highest BCUT2D eigenvalue weighted by Gasteiger charge is 2.31. The Morgan fingerprint density at radius 2 is 1.83 bits per heavy atom. The Balaban J connectivity index is 1.71. The lowest BCUT2D eigenvalue weighted by Gasteiger charge is -2.32. The molecule has 1 heterocycles. The Morgan fingerprint density at radius 1 is 1.10 bits per heavy atom. The van der Waals surface area contributed by atoms with E-state index in [2.05, 4.69) is 0 Å². The van der Waals surface area contributed by atoms with E-state index in [0.29, 0.717) is 6.54 Å². The summed E-state index contributed by atoms with van der Waals surface area (Å²) in [4.78, 5) is 24.4. The number of Topliss-reactive ketones (excluding diaryl/α,β-unsaturated/α-hetero) is 1. The van der Waals surface area contributed by atoms with E-state index in [-0.39, 0.29) is 22.1 Å². The van der Waals surface area contributed by atoms with Crippen LogP contribution in [0.25, 0.3) is 0 Å². The third-order valence-corrected chi connectivity index (χ3v) is 6.91. The number of rotatable bonds is 6. The van der Waals surface area contributed by atoms with Gasteiger partial charge in [0, 0.05) is 18.2 Å². The lowest BCUT2D eigenvalue weighted by molar-refractivity contribution is 0.0474. The average molecular weight is 419 g/mol. The van der Waals surface area contributed by atoms with E-state index < -0.39 is 34.2 Å². The molecule has 1 aliphatic rings. The first-order valence-electron chi connectivity index (χ1n) is 9.37. The van der Waals surface area contributed by atoms with Crippen molar-refractivity contribution in [1.29, 1.82) is 0 Å². The van der Waals surface area contributed by atoms with Crippen LogP contribution in [0.1, 0.15) is 46.9 Å². The molecule has 0 radical (unpaired) electrons. The number of ether oxygens (including phenoxy) is 1. The summed E-state index contributed by atoms with van der Waals surface area (Å²) in [5.74, 6) is -1.94. The summed E-state index contributed by atoms with van der Waals surface area (Å²) >= 11 is 0. The van der Waals surface area contributed by atoms with Gasteiger partial charge in [0.05, 0.1) is 10.5 Å². The highest BCUT2D eigenvalue weighted by atomic mass is 32.2.